The van der Waals surface area contributed by atoms with Gasteiger partial charge in [0.05, 0.1) is 7.11 Å². The zero-order valence-electron chi connectivity index (χ0n) is 15.1. The highest BCUT2D eigenvalue weighted by Gasteiger charge is 2.74. The van der Waals surface area contributed by atoms with E-state index in [1.807, 2.05) is 0 Å². The van der Waals surface area contributed by atoms with Crippen LogP contribution in [0.3, 0.4) is 0 Å². The molecule has 3 nitrogen and oxygen atoms in total. The largest absolute Gasteiger partial charge is 0.377 e. The van der Waals surface area contributed by atoms with Crippen molar-refractivity contribution in [3.05, 3.63) is 0 Å². The lowest BCUT2D eigenvalue weighted by Gasteiger charge is -2.65. The van der Waals surface area contributed by atoms with Crippen LogP contribution in [0.25, 0.3) is 0 Å². The van der Waals surface area contributed by atoms with Crippen LogP contribution in [-0.4, -0.2) is 48.5 Å². The Bertz CT molecular complexity index is 361. The maximum atomic E-state index is 6.76. The van der Waals surface area contributed by atoms with Gasteiger partial charge in [-0.1, -0.05) is 39.3 Å². The van der Waals surface area contributed by atoms with Gasteiger partial charge < -0.3 is 13.9 Å². The van der Waals surface area contributed by atoms with Crippen LogP contribution in [0.1, 0.15) is 13.8 Å². The van der Waals surface area contributed by atoms with Gasteiger partial charge in [-0.05, 0) is 26.9 Å². The Morgan fingerprint density at radius 1 is 0.750 bits per heavy atom. The molecule has 0 aromatic heterocycles. The van der Waals surface area contributed by atoms with Crippen LogP contribution in [0.5, 0.6) is 0 Å². The van der Waals surface area contributed by atoms with Crippen LogP contribution >= 0.6 is 0 Å². The van der Waals surface area contributed by atoms with Gasteiger partial charge in [0, 0.05) is 20.3 Å². The molecule has 1 aliphatic rings. The Morgan fingerprint density at radius 3 is 1.50 bits per heavy atom. The minimum absolute atomic E-state index is 0.660. The lowest BCUT2D eigenvalue weighted by molar-refractivity contribution is -0.292. The van der Waals surface area contributed by atoms with Gasteiger partial charge in [-0.2, -0.15) is 0 Å². The molecule has 1 heterocycles. The highest BCUT2D eigenvalue weighted by Crippen LogP contribution is 2.49. The molecule has 0 aromatic rings. The smallest absolute Gasteiger partial charge is 0.243 e. The molecule has 0 atom stereocenters. The van der Waals surface area contributed by atoms with Crippen LogP contribution in [-0.2, 0) is 13.9 Å². The molecule has 1 saturated heterocycles. The van der Waals surface area contributed by atoms with Crippen LogP contribution < -0.4 is 0 Å². The third-order valence-corrected chi connectivity index (χ3v) is 72.2. The minimum atomic E-state index is -1.80. The molecule has 20 heavy (non-hydrogen) atoms. The van der Waals surface area contributed by atoms with E-state index in [4.69, 9.17) is 13.9 Å². The molecule has 0 saturated carbocycles. The van der Waals surface area contributed by atoms with Crippen molar-refractivity contribution >= 4 is 29.6 Å². The topological polar surface area (TPSA) is 27.7 Å². The Labute approximate surface area is 128 Å². The molecule has 0 aliphatic carbocycles. The zero-order valence-corrected chi connectivity index (χ0v) is 19.1. The van der Waals surface area contributed by atoms with Crippen LogP contribution in [0.15, 0.2) is 0 Å². The van der Waals surface area contributed by atoms with Crippen molar-refractivity contribution in [1.29, 1.82) is 0 Å². The quantitative estimate of drug-likeness (QED) is 0.569. The maximum Gasteiger partial charge on any atom is 0.243 e. The second-order valence-corrected chi connectivity index (χ2v) is 46.9. The number of hydrogen-bond acceptors (Lipinski definition) is 3. The summed E-state index contributed by atoms with van der Waals surface area (Å²) in [7, 11) is -6.36. The van der Waals surface area contributed by atoms with Gasteiger partial charge in [0.15, 0.2) is 7.83 Å². The summed E-state index contributed by atoms with van der Waals surface area (Å²) in [5, 5.41) is 0. The Kier molecular flexibility index (Phi) is 5.10. The number of hydrogen-bond donors (Lipinski definition) is 0. The molecule has 1 fully saturated rings. The first-order valence-electron chi connectivity index (χ1n) is 7.81. The summed E-state index contributed by atoms with van der Waals surface area (Å²) < 4.78 is 19.2. The third-order valence-electron chi connectivity index (χ3n) is 6.45. The molecule has 7 heteroatoms. The Hall–Kier alpha value is 0.748. The van der Waals surface area contributed by atoms with E-state index >= 15 is 0 Å². The molecule has 0 unspecified atom stereocenters. The average Bonchev–Trinajstić information content (AvgIpc) is 2.26. The van der Waals surface area contributed by atoms with E-state index in [9.17, 15) is 0 Å². The highest BCUT2D eigenvalue weighted by molar-refractivity contribution is 7.83. The summed E-state index contributed by atoms with van der Waals surface area (Å²) in [6.45, 7) is 25.4. The van der Waals surface area contributed by atoms with Crippen LogP contribution in [0, 0.1) is 0 Å². The molecule has 0 aromatic carbocycles. The van der Waals surface area contributed by atoms with Crippen molar-refractivity contribution in [2.75, 3.05) is 13.2 Å². The SMILES string of the molecule is CCOC1(OCC)O[Si](C)(C)[Si](C)(C)[Si](C)(C)[Si]1(C)C. The molecule has 0 spiro atoms. The van der Waals surface area contributed by atoms with Gasteiger partial charge >= 0.3 is 0 Å². The summed E-state index contributed by atoms with van der Waals surface area (Å²) in [5.74, 6) is 0. The summed E-state index contributed by atoms with van der Waals surface area (Å²) >= 11 is 0. The predicted octanol–water partition coefficient (Wildman–Crippen LogP) is 3.85. The molecule has 0 radical (unpaired) electrons. The molecule has 1 rings (SSSR count). The first-order valence-corrected chi connectivity index (χ1v) is 22.7. The number of ether oxygens (including phenoxy) is 2. The first-order chi connectivity index (χ1) is 8.83. The van der Waals surface area contributed by atoms with Crippen LogP contribution in [0.2, 0.25) is 52.4 Å². The van der Waals surface area contributed by atoms with Gasteiger partial charge in [-0.25, -0.2) is 0 Å². The summed E-state index contributed by atoms with van der Waals surface area (Å²) in [6.07, 6.45) is 0. The van der Waals surface area contributed by atoms with E-state index in [0.29, 0.717) is 13.2 Å². The molecule has 1 aliphatic heterocycles. The summed E-state index contributed by atoms with van der Waals surface area (Å²) in [6, 6.07) is 0. The number of rotatable bonds is 4. The average molecular weight is 351 g/mol. The second kappa shape index (κ2) is 5.43. The van der Waals surface area contributed by atoms with Crippen molar-refractivity contribution in [1.82, 2.24) is 0 Å². The van der Waals surface area contributed by atoms with Gasteiger partial charge in [-0.15, -0.1) is 0 Å². The van der Waals surface area contributed by atoms with E-state index in [0.717, 1.165) is 0 Å². The van der Waals surface area contributed by atoms with Gasteiger partial charge in [0.25, 0.3) is 0 Å². The second-order valence-electron chi connectivity index (χ2n) is 7.91. The van der Waals surface area contributed by atoms with Crippen LogP contribution in [0.4, 0.5) is 0 Å². The highest BCUT2D eigenvalue weighted by atomic mass is 29.8. The van der Waals surface area contributed by atoms with Gasteiger partial charge in [0.2, 0.25) is 5.60 Å². The zero-order chi connectivity index (χ0) is 16.0. The van der Waals surface area contributed by atoms with Gasteiger partial charge in [-0.3, -0.25) is 0 Å². The normalized spacial score (nSPS) is 29.1. The predicted molar refractivity (Wildman–Crippen MR) is 97.0 cm³/mol. The maximum absolute atomic E-state index is 6.76. The van der Waals surface area contributed by atoms with Crippen molar-refractivity contribution in [3.8, 4) is 0 Å². The van der Waals surface area contributed by atoms with E-state index in [1.54, 1.807) is 0 Å². The van der Waals surface area contributed by atoms with E-state index < -0.39 is 35.2 Å². The molecule has 120 valence electrons. The molecule has 0 amide bonds. The molecule has 0 N–H and O–H groups in total. The first kappa shape index (κ1) is 18.8. The van der Waals surface area contributed by atoms with E-state index in [-0.39, 0.29) is 0 Å². The molecular formula is C13H34O3Si4. The lowest BCUT2D eigenvalue weighted by Crippen LogP contribution is -2.91. The fourth-order valence-corrected chi connectivity index (χ4v) is 70.9. The third kappa shape index (κ3) is 2.29. The fourth-order valence-electron chi connectivity index (χ4n) is 3.35. The molecule has 0 bridgehead atoms. The lowest BCUT2D eigenvalue weighted by atomic mass is 10.8. The van der Waals surface area contributed by atoms with Crippen molar-refractivity contribution in [3.63, 3.8) is 0 Å². The minimum Gasteiger partial charge on any atom is -0.377 e. The standard InChI is InChI=1S/C13H34O3Si4/c1-11-14-13(15-12-2)16-18(5,6)20(9,10)19(7,8)17(13,3)4/h11-12H2,1-10H3. The Morgan fingerprint density at radius 2 is 1.15 bits per heavy atom. The summed E-state index contributed by atoms with van der Waals surface area (Å²) in [5.41, 5.74) is -0.704. The van der Waals surface area contributed by atoms with Crippen molar-refractivity contribution in [2.45, 2.75) is 71.8 Å². The summed E-state index contributed by atoms with van der Waals surface area (Å²) in [4.78, 5) is 0. The van der Waals surface area contributed by atoms with Crippen molar-refractivity contribution in [2.24, 2.45) is 0 Å². The van der Waals surface area contributed by atoms with Gasteiger partial charge in [0.1, 0.15) is 7.59 Å². The monoisotopic (exact) mass is 350 g/mol. The van der Waals surface area contributed by atoms with Crippen molar-refractivity contribution < 1.29 is 13.9 Å². The van der Waals surface area contributed by atoms with E-state index in [1.165, 1.54) is 0 Å². The Balaban J connectivity index is 3.49. The molecular weight excluding hydrogens is 316 g/mol. The fraction of sp³-hybridized carbons (Fsp3) is 1.00. The van der Waals surface area contributed by atoms with E-state index in [2.05, 4.69) is 66.2 Å².